The molecular formula is C19H33N2O14P3S. The van der Waals surface area contributed by atoms with Crippen molar-refractivity contribution in [2.24, 2.45) is 5.92 Å². The highest BCUT2D eigenvalue weighted by molar-refractivity contribution is 7.98. The molecule has 1 aliphatic carbocycles. The fourth-order valence-electron chi connectivity index (χ4n) is 4.07. The molecule has 20 heteroatoms. The van der Waals surface area contributed by atoms with E-state index in [9.17, 15) is 43.4 Å². The van der Waals surface area contributed by atoms with Crippen LogP contribution in [0.3, 0.4) is 0 Å². The van der Waals surface area contributed by atoms with Crippen LogP contribution in [0.1, 0.15) is 50.9 Å². The van der Waals surface area contributed by atoms with Crippen LogP contribution in [0.15, 0.2) is 17.1 Å². The van der Waals surface area contributed by atoms with Crippen molar-refractivity contribution in [2.45, 2.75) is 69.3 Å². The number of phosphoric acid groups is 3. The van der Waals surface area contributed by atoms with Gasteiger partial charge in [-0.05, 0) is 30.6 Å². The Labute approximate surface area is 228 Å². The number of phosphoric ester groups is 2. The Balaban J connectivity index is 1.54. The Bertz CT molecular complexity index is 1160. The summed E-state index contributed by atoms with van der Waals surface area (Å²) in [6, 6.07) is 1.53. The summed E-state index contributed by atoms with van der Waals surface area (Å²) in [6.07, 6.45) is -0.640. The van der Waals surface area contributed by atoms with E-state index >= 15 is 0 Å². The zero-order valence-corrected chi connectivity index (χ0v) is 24.5. The molecule has 2 fully saturated rings. The van der Waals surface area contributed by atoms with Gasteiger partial charge in [-0.2, -0.15) is 25.4 Å². The van der Waals surface area contributed by atoms with Crippen molar-refractivity contribution in [1.29, 1.82) is 0 Å². The number of rotatable bonds is 14. The summed E-state index contributed by atoms with van der Waals surface area (Å²) in [6.45, 7) is 0.768. The van der Waals surface area contributed by atoms with Gasteiger partial charge in [-0.3, -0.25) is 13.6 Å². The lowest BCUT2D eigenvalue weighted by Crippen LogP contribution is -2.36. The molecule has 3 rings (SSSR count). The summed E-state index contributed by atoms with van der Waals surface area (Å²) in [5.41, 5.74) is -0.271. The van der Waals surface area contributed by atoms with Gasteiger partial charge in [0.25, 0.3) is 0 Å². The van der Waals surface area contributed by atoms with E-state index in [-0.39, 0.29) is 12.5 Å². The maximum atomic E-state index is 12.4. The molecule has 4 unspecified atom stereocenters. The van der Waals surface area contributed by atoms with Crippen molar-refractivity contribution in [3.63, 3.8) is 0 Å². The predicted molar refractivity (Wildman–Crippen MR) is 136 cm³/mol. The zero-order valence-electron chi connectivity index (χ0n) is 21.0. The first-order valence-electron chi connectivity index (χ1n) is 12.1. The number of nitrogens with zero attached hydrogens (tertiary/aromatic N) is 2. The molecule has 2 aliphatic rings. The number of ether oxygens (including phenoxy) is 1. The summed E-state index contributed by atoms with van der Waals surface area (Å²) >= 11 is 1.54. The highest BCUT2D eigenvalue weighted by Crippen LogP contribution is 2.67. The number of aliphatic hydroxyl groups excluding tert-OH is 2. The lowest BCUT2D eigenvalue weighted by molar-refractivity contribution is -0.0542. The third-order valence-electron chi connectivity index (χ3n) is 5.97. The molecule has 2 heterocycles. The van der Waals surface area contributed by atoms with Crippen LogP contribution in [0.5, 0.6) is 0 Å². The molecule has 1 aromatic heterocycles. The molecule has 1 saturated carbocycles. The van der Waals surface area contributed by atoms with Crippen molar-refractivity contribution in [2.75, 3.05) is 19.0 Å². The maximum absolute atomic E-state index is 12.4. The SMILES string of the molecule is CCSCc1ccn([C@@H]2O[C@H](COP(=O)(O)OP(=O)(O)OP(=O)(O)OCC3CCCCC3)[C@H](O)C2O)c(=O)n1. The van der Waals surface area contributed by atoms with Gasteiger partial charge in [0.05, 0.1) is 18.9 Å². The van der Waals surface area contributed by atoms with Gasteiger partial charge in [-0.25, -0.2) is 18.5 Å². The molecule has 0 bridgehead atoms. The molecule has 1 aliphatic heterocycles. The molecule has 7 atom stereocenters. The highest BCUT2D eigenvalue weighted by atomic mass is 32.2. The van der Waals surface area contributed by atoms with Gasteiger partial charge in [-0.15, -0.1) is 0 Å². The van der Waals surface area contributed by atoms with Gasteiger partial charge in [0.15, 0.2) is 6.23 Å². The van der Waals surface area contributed by atoms with Crippen LogP contribution in [-0.4, -0.2) is 71.7 Å². The van der Waals surface area contributed by atoms with Gasteiger partial charge >= 0.3 is 29.2 Å². The maximum Gasteiger partial charge on any atom is 0.490 e. The third-order valence-corrected chi connectivity index (χ3v) is 11.1. The lowest BCUT2D eigenvalue weighted by atomic mass is 9.90. The lowest BCUT2D eigenvalue weighted by Gasteiger charge is -2.23. The second kappa shape index (κ2) is 14.1. The van der Waals surface area contributed by atoms with Crippen molar-refractivity contribution < 1.29 is 61.0 Å². The van der Waals surface area contributed by atoms with Gasteiger partial charge < -0.3 is 29.6 Å². The van der Waals surface area contributed by atoms with Crippen LogP contribution < -0.4 is 5.69 Å². The molecule has 224 valence electrons. The summed E-state index contributed by atoms with van der Waals surface area (Å²) in [5.74, 6) is 1.26. The van der Waals surface area contributed by atoms with Gasteiger partial charge in [0.2, 0.25) is 0 Å². The first-order valence-corrected chi connectivity index (χ1v) is 17.7. The molecule has 0 spiro atoms. The van der Waals surface area contributed by atoms with E-state index in [1.165, 1.54) is 24.0 Å². The highest BCUT2D eigenvalue weighted by Gasteiger charge is 2.47. The molecule has 5 N–H and O–H groups in total. The standard InChI is InChI=1S/C19H33N2O14P3S/c1-2-39-12-14-8-9-21(19(24)20-14)18-17(23)16(22)15(33-18)11-32-37(27,28)35-38(29,30)34-36(25,26)31-10-13-6-4-3-5-7-13/h8-9,13,15-18,22-23H,2-7,10-12H2,1H3,(H,25,26)(H,27,28)(H,29,30)/t15-,16+,17?,18-/m1/s1. The monoisotopic (exact) mass is 638 g/mol. The Kier molecular flexibility index (Phi) is 12.0. The molecule has 0 aromatic carbocycles. The van der Waals surface area contributed by atoms with Gasteiger partial charge in [-0.1, -0.05) is 26.2 Å². The summed E-state index contributed by atoms with van der Waals surface area (Å²) in [4.78, 5) is 45.6. The van der Waals surface area contributed by atoms with E-state index in [0.717, 1.165) is 42.4 Å². The first kappa shape index (κ1) is 33.0. The van der Waals surface area contributed by atoms with Crippen LogP contribution >= 0.6 is 35.2 Å². The fraction of sp³-hybridized carbons (Fsp3) is 0.789. The Morgan fingerprint density at radius 2 is 1.62 bits per heavy atom. The quantitative estimate of drug-likeness (QED) is 0.183. The summed E-state index contributed by atoms with van der Waals surface area (Å²) in [7, 11) is -16.2. The molecule has 16 nitrogen and oxygen atoms in total. The first-order chi connectivity index (χ1) is 18.2. The number of aliphatic hydroxyl groups is 2. The van der Waals surface area contributed by atoms with Gasteiger partial charge in [0.1, 0.15) is 18.3 Å². The Morgan fingerprint density at radius 3 is 2.21 bits per heavy atom. The molecule has 1 saturated heterocycles. The number of thioether (sulfide) groups is 1. The largest absolute Gasteiger partial charge is 0.490 e. The summed E-state index contributed by atoms with van der Waals surface area (Å²) < 4.78 is 60.1. The van der Waals surface area contributed by atoms with E-state index in [4.69, 9.17) is 9.26 Å². The Morgan fingerprint density at radius 1 is 1.00 bits per heavy atom. The van der Waals surface area contributed by atoms with Crippen LogP contribution in [0.2, 0.25) is 0 Å². The van der Waals surface area contributed by atoms with Crippen molar-refractivity contribution >= 4 is 35.2 Å². The Hall–Kier alpha value is -0.480. The summed E-state index contributed by atoms with van der Waals surface area (Å²) in [5, 5.41) is 20.6. The van der Waals surface area contributed by atoms with Crippen molar-refractivity contribution in [3.8, 4) is 0 Å². The zero-order chi connectivity index (χ0) is 28.8. The average Bonchev–Trinajstić information content (AvgIpc) is 3.13. The average molecular weight is 638 g/mol. The van der Waals surface area contributed by atoms with E-state index in [1.54, 1.807) is 0 Å². The normalized spacial score (nSPS) is 29.0. The molecule has 1 aromatic rings. The molecule has 0 radical (unpaired) electrons. The van der Waals surface area contributed by atoms with Crippen LogP contribution in [0.25, 0.3) is 0 Å². The fourth-order valence-corrected chi connectivity index (χ4v) is 8.23. The topological polar surface area (TPSA) is 233 Å². The van der Waals surface area contributed by atoms with E-state index in [2.05, 4.69) is 18.1 Å². The minimum atomic E-state index is -5.66. The molecule has 0 amide bonds. The van der Waals surface area contributed by atoms with Crippen LogP contribution in [-0.2, 0) is 41.9 Å². The minimum absolute atomic E-state index is 0.0456. The van der Waals surface area contributed by atoms with Crippen molar-refractivity contribution in [1.82, 2.24) is 9.55 Å². The second-order valence-electron chi connectivity index (χ2n) is 8.96. The van der Waals surface area contributed by atoms with E-state index in [1.807, 2.05) is 6.92 Å². The van der Waals surface area contributed by atoms with Gasteiger partial charge in [0, 0.05) is 11.9 Å². The second-order valence-corrected chi connectivity index (χ2v) is 14.9. The number of hydrogen-bond donors (Lipinski definition) is 5. The van der Waals surface area contributed by atoms with Crippen LogP contribution in [0.4, 0.5) is 0 Å². The molecule has 39 heavy (non-hydrogen) atoms. The predicted octanol–water partition coefficient (Wildman–Crippen LogP) is 2.06. The van der Waals surface area contributed by atoms with Crippen LogP contribution in [0, 0.1) is 5.92 Å². The number of hydrogen-bond acceptors (Lipinski definition) is 13. The third kappa shape index (κ3) is 10.1. The smallest absolute Gasteiger partial charge is 0.387 e. The van der Waals surface area contributed by atoms with E-state index in [0.29, 0.717) is 11.4 Å². The van der Waals surface area contributed by atoms with Crippen molar-refractivity contribution in [3.05, 3.63) is 28.4 Å². The minimum Gasteiger partial charge on any atom is -0.387 e. The molecular weight excluding hydrogens is 605 g/mol. The number of aromatic nitrogens is 2. The van der Waals surface area contributed by atoms with E-state index < -0.39 is 60.3 Å².